The van der Waals surface area contributed by atoms with E-state index in [1.807, 2.05) is 21.1 Å². The number of phosphoric ester groups is 1. The van der Waals surface area contributed by atoms with Crippen LogP contribution in [0.2, 0.25) is 0 Å². The molecule has 0 aliphatic carbocycles. The second-order valence-electron chi connectivity index (χ2n) is 16.4. The van der Waals surface area contributed by atoms with Gasteiger partial charge in [0.1, 0.15) is 13.2 Å². The highest BCUT2D eigenvalue weighted by Crippen LogP contribution is 2.43. The number of amides is 1. The smallest absolute Gasteiger partial charge is 0.391 e. The van der Waals surface area contributed by atoms with Crippen LogP contribution in [0.15, 0.2) is 48.6 Å². The highest BCUT2D eigenvalue weighted by molar-refractivity contribution is 7.47. The SMILES string of the molecule is CC/C=C\C/C=C\C/C=C\C/C=C\CCCCC(=O)NC(COP(=O)(O)OCC[N+](C)(C)C)C(O)CCCCCCCCCCCCCCCCCCCC. The summed E-state index contributed by atoms with van der Waals surface area (Å²) in [6, 6.07) is -0.782. The number of unbranched alkanes of at least 4 members (excludes halogenated alkanes) is 19. The van der Waals surface area contributed by atoms with E-state index in [9.17, 15) is 19.4 Å². The summed E-state index contributed by atoms with van der Waals surface area (Å²) in [5.41, 5.74) is 0. The molecule has 0 fully saturated rings. The lowest BCUT2D eigenvalue weighted by Crippen LogP contribution is -2.46. The first-order valence-corrected chi connectivity index (χ1v) is 24.0. The molecule has 0 aromatic rings. The van der Waals surface area contributed by atoms with Gasteiger partial charge in [-0.2, -0.15) is 0 Å². The van der Waals surface area contributed by atoms with E-state index in [1.54, 1.807) is 0 Å². The first kappa shape index (κ1) is 53.5. The van der Waals surface area contributed by atoms with E-state index in [0.29, 0.717) is 23.9 Å². The van der Waals surface area contributed by atoms with Crippen molar-refractivity contribution in [2.75, 3.05) is 40.9 Å². The van der Waals surface area contributed by atoms with Crippen molar-refractivity contribution in [3.8, 4) is 0 Å². The number of hydrogen-bond acceptors (Lipinski definition) is 5. The van der Waals surface area contributed by atoms with E-state index in [2.05, 4.69) is 67.8 Å². The van der Waals surface area contributed by atoms with Crippen LogP contribution in [-0.4, -0.2) is 73.4 Å². The van der Waals surface area contributed by atoms with Gasteiger partial charge in [-0.3, -0.25) is 13.8 Å². The molecule has 0 bridgehead atoms. The highest BCUT2D eigenvalue weighted by atomic mass is 31.2. The zero-order chi connectivity index (χ0) is 40.7. The van der Waals surface area contributed by atoms with Crippen molar-refractivity contribution in [1.82, 2.24) is 5.32 Å². The monoisotopic (exact) mass is 796 g/mol. The summed E-state index contributed by atoms with van der Waals surface area (Å²) >= 11 is 0. The quantitative estimate of drug-likeness (QED) is 0.0247. The Morgan fingerprint density at radius 3 is 1.56 bits per heavy atom. The van der Waals surface area contributed by atoms with Gasteiger partial charge < -0.3 is 19.8 Å². The number of likely N-dealkylation sites (N-methyl/N-ethyl adjacent to an activating group) is 1. The Labute approximate surface area is 339 Å². The van der Waals surface area contributed by atoms with Gasteiger partial charge in [-0.15, -0.1) is 0 Å². The summed E-state index contributed by atoms with van der Waals surface area (Å²) in [4.78, 5) is 23.1. The van der Waals surface area contributed by atoms with E-state index >= 15 is 0 Å². The lowest BCUT2D eigenvalue weighted by Gasteiger charge is -2.26. The van der Waals surface area contributed by atoms with Crippen molar-refractivity contribution in [2.45, 2.75) is 199 Å². The number of phosphoric acid groups is 1. The van der Waals surface area contributed by atoms with Crippen molar-refractivity contribution >= 4 is 13.7 Å². The molecule has 3 unspecified atom stereocenters. The van der Waals surface area contributed by atoms with Crippen LogP contribution >= 0.6 is 7.82 Å². The average Bonchev–Trinajstić information content (AvgIpc) is 3.13. The Morgan fingerprint density at radius 1 is 0.636 bits per heavy atom. The molecule has 0 spiro atoms. The minimum Gasteiger partial charge on any atom is -0.391 e. The summed E-state index contributed by atoms with van der Waals surface area (Å²) < 4.78 is 23.6. The number of nitrogens with zero attached hydrogens (tertiary/aromatic N) is 1. The standard InChI is InChI=1S/C46H87N2O6P/c1-6-8-10-12-14-16-18-20-22-23-24-26-27-29-31-33-35-37-39-45(49)44(43-54-55(51,52)53-42-41-48(3,4)5)47-46(50)40-38-36-34-32-30-28-25-21-19-17-15-13-11-9-7-2/h9,11,15,17,21,25,30,32,44-45,49H,6-8,10,12-14,16,18-20,22-24,26-29,31,33-43H2,1-5H3,(H-,47,50,51,52)/p+1/b11-9-,17-15-,25-21-,32-30-. The van der Waals surface area contributed by atoms with E-state index in [1.165, 1.54) is 96.3 Å². The molecule has 0 aliphatic rings. The minimum absolute atomic E-state index is 0.0649. The Balaban J connectivity index is 4.42. The molecule has 0 saturated carbocycles. The van der Waals surface area contributed by atoms with Gasteiger partial charge in [-0.05, 0) is 51.4 Å². The van der Waals surface area contributed by atoms with Crippen molar-refractivity contribution in [3.05, 3.63) is 48.6 Å². The number of carbonyl (C=O) groups is 1. The highest BCUT2D eigenvalue weighted by Gasteiger charge is 2.28. The van der Waals surface area contributed by atoms with E-state index in [4.69, 9.17) is 9.05 Å². The number of aliphatic hydroxyl groups excluding tert-OH is 1. The predicted molar refractivity (Wildman–Crippen MR) is 235 cm³/mol. The van der Waals surface area contributed by atoms with E-state index in [-0.39, 0.29) is 19.1 Å². The summed E-state index contributed by atoms with van der Waals surface area (Å²) in [5.74, 6) is -0.186. The zero-order valence-electron chi connectivity index (χ0n) is 36.4. The van der Waals surface area contributed by atoms with Gasteiger partial charge in [0.2, 0.25) is 5.91 Å². The van der Waals surface area contributed by atoms with Crippen LogP contribution in [0, 0.1) is 0 Å². The van der Waals surface area contributed by atoms with Crippen molar-refractivity contribution < 1.29 is 32.9 Å². The van der Waals surface area contributed by atoms with Gasteiger partial charge in [0.25, 0.3) is 0 Å². The maximum atomic E-state index is 12.9. The lowest BCUT2D eigenvalue weighted by molar-refractivity contribution is -0.870. The molecule has 0 aromatic carbocycles. The summed E-state index contributed by atoms with van der Waals surface area (Å²) in [6.07, 6.45) is 47.1. The Hall–Kier alpha value is -1.54. The number of hydrogen-bond donors (Lipinski definition) is 3. The third kappa shape index (κ3) is 40.5. The molecule has 0 heterocycles. The number of rotatable bonds is 40. The molecule has 8 nitrogen and oxygen atoms in total. The van der Waals surface area contributed by atoms with Gasteiger partial charge in [0.15, 0.2) is 0 Å². The van der Waals surface area contributed by atoms with Crippen molar-refractivity contribution in [3.63, 3.8) is 0 Å². The van der Waals surface area contributed by atoms with Gasteiger partial charge in [-0.1, -0.05) is 178 Å². The third-order valence-corrected chi connectivity index (χ3v) is 10.8. The predicted octanol–water partition coefficient (Wildman–Crippen LogP) is 12.5. The molecule has 0 aromatic heterocycles. The van der Waals surface area contributed by atoms with Crippen LogP contribution in [0.4, 0.5) is 0 Å². The number of allylic oxidation sites excluding steroid dienone is 8. The normalized spacial score (nSPS) is 14.8. The Morgan fingerprint density at radius 2 is 1.09 bits per heavy atom. The molecule has 0 saturated heterocycles. The Bertz CT molecular complexity index is 1040. The fourth-order valence-corrected chi connectivity index (χ4v) is 7.01. The summed E-state index contributed by atoms with van der Waals surface area (Å²) in [7, 11) is 1.58. The van der Waals surface area contributed by atoms with Gasteiger partial charge >= 0.3 is 7.82 Å². The maximum Gasteiger partial charge on any atom is 0.472 e. The Kier molecular flexibility index (Phi) is 36.9. The first-order chi connectivity index (χ1) is 26.5. The van der Waals surface area contributed by atoms with Crippen LogP contribution in [0.3, 0.4) is 0 Å². The average molecular weight is 796 g/mol. The fraction of sp³-hybridized carbons (Fsp3) is 0.804. The molecule has 0 radical (unpaired) electrons. The van der Waals surface area contributed by atoms with Crippen LogP contribution < -0.4 is 5.32 Å². The van der Waals surface area contributed by atoms with Crippen molar-refractivity contribution in [2.24, 2.45) is 0 Å². The molecule has 3 atom stereocenters. The van der Waals surface area contributed by atoms with E-state index in [0.717, 1.165) is 64.2 Å². The van der Waals surface area contributed by atoms with E-state index < -0.39 is 20.0 Å². The van der Waals surface area contributed by atoms with Gasteiger partial charge in [0, 0.05) is 6.42 Å². The summed E-state index contributed by atoms with van der Waals surface area (Å²) in [6.45, 7) is 4.73. The van der Waals surface area contributed by atoms with Crippen LogP contribution in [0.5, 0.6) is 0 Å². The molecule has 1 amide bonds. The molecule has 9 heteroatoms. The molecule has 0 aliphatic heterocycles. The minimum atomic E-state index is -4.33. The molecule has 55 heavy (non-hydrogen) atoms. The molecule has 322 valence electrons. The molecule has 3 N–H and O–H groups in total. The zero-order valence-corrected chi connectivity index (χ0v) is 37.3. The fourth-order valence-electron chi connectivity index (χ4n) is 6.27. The number of carbonyl (C=O) groups excluding carboxylic acids is 1. The lowest BCUT2D eigenvalue weighted by atomic mass is 10.0. The molecule has 0 rings (SSSR count). The van der Waals surface area contributed by atoms with Crippen LogP contribution in [0.1, 0.15) is 187 Å². The topological polar surface area (TPSA) is 105 Å². The second kappa shape index (κ2) is 38.0. The number of nitrogens with one attached hydrogen (secondary N) is 1. The second-order valence-corrected chi connectivity index (χ2v) is 17.9. The summed E-state index contributed by atoms with van der Waals surface area (Å²) in [5, 5.41) is 13.9. The third-order valence-electron chi connectivity index (χ3n) is 9.84. The van der Waals surface area contributed by atoms with Gasteiger partial charge in [-0.25, -0.2) is 4.57 Å². The number of quaternary nitrogens is 1. The maximum absolute atomic E-state index is 12.9. The number of aliphatic hydroxyl groups is 1. The van der Waals surface area contributed by atoms with Crippen LogP contribution in [0.25, 0.3) is 0 Å². The van der Waals surface area contributed by atoms with Gasteiger partial charge in [0.05, 0.1) is 39.9 Å². The van der Waals surface area contributed by atoms with Crippen molar-refractivity contribution in [1.29, 1.82) is 0 Å². The molecular weight excluding hydrogens is 707 g/mol. The largest absolute Gasteiger partial charge is 0.472 e. The van der Waals surface area contributed by atoms with Crippen LogP contribution in [-0.2, 0) is 18.4 Å². The first-order valence-electron chi connectivity index (χ1n) is 22.5. The molecular formula is C46H88N2O6P+.